The van der Waals surface area contributed by atoms with Crippen molar-refractivity contribution in [2.75, 3.05) is 0 Å². The van der Waals surface area contributed by atoms with E-state index in [1.165, 1.54) is 11.1 Å². The standard InChI is InChI=1S/2C14H13N/c2*1-12-6-5-9-14(15-12)11-10-13-7-3-2-4-8-13/h2*2-11H,1H3/b2*11-10+. The zero-order valence-corrected chi connectivity index (χ0v) is 17.4. The van der Waals surface area contributed by atoms with E-state index in [1.807, 2.05) is 98.8 Å². The summed E-state index contributed by atoms with van der Waals surface area (Å²) in [5.74, 6) is 0. The van der Waals surface area contributed by atoms with Gasteiger partial charge in [0.15, 0.2) is 0 Å². The summed E-state index contributed by atoms with van der Waals surface area (Å²) in [7, 11) is 0. The second-order valence-corrected chi connectivity index (χ2v) is 6.90. The summed E-state index contributed by atoms with van der Waals surface area (Å²) < 4.78 is 0. The first-order chi connectivity index (χ1) is 14.7. The van der Waals surface area contributed by atoms with Crippen LogP contribution in [0.4, 0.5) is 0 Å². The molecule has 4 aromatic rings. The van der Waals surface area contributed by atoms with Gasteiger partial charge in [0.2, 0.25) is 0 Å². The highest BCUT2D eigenvalue weighted by Gasteiger charge is 1.90. The first-order valence-electron chi connectivity index (χ1n) is 10.0. The van der Waals surface area contributed by atoms with Crippen LogP contribution < -0.4 is 0 Å². The Bertz CT molecular complexity index is 1010. The summed E-state index contributed by atoms with van der Waals surface area (Å²) in [5.41, 5.74) is 6.48. The molecule has 0 aliphatic rings. The maximum Gasteiger partial charge on any atom is 0.0633 e. The van der Waals surface area contributed by atoms with E-state index in [1.54, 1.807) is 0 Å². The van der Waals surface area contributed by atoms with Crippen molar-refractivity contribution in [2.45, 2.75) is 13.8 Å². The van der Waals surface area contributed by atoms with Crippen molar-refractivity contribution in [3.63, 3.8) is 0 Å². The lowest BCUT2D eigenvalue weighted by Gasteiger charge is -1.95. The Morgan fingerprint density at radius 3 is 1.20 bits per heavy atom. The van der Waals surface area contributed by atoms with Crippen LogP contribution in [0.15, 0.2) is 97.1 Å². The highest BCUT2D eigenvalue weighted by atomic mass is 14.7. The molecule has 0 bridgehead atoms. The third-order valence-electron chi connectivity index (χ3n) is 4.31. The average Bonchev–Trinajstić information content (AvgIpc) is 2.78. The normalized spacial score (nSPS) is 10.7. The summed E-state index contributed by atoms with van der Waals surface area (Å²) in [6.45, 7) is 4.00. The van der Waals surface area contributed by atoms with Crippen molar-refractivity contribution >= 4 is 24.3 Å². The Balaban J connectivity index is 0.000000171. The third kappa shape index (κ3) is 7.33. The van der Waals surface area contributed by atoms with Crippen LogP contribution in [0.3, 0.4) is 0 Å². The average molecular weight is 391 g/mol. The maximum absolute atomic E-state index is 4.40. The van der Waals surface area contributed by atoms with Gasteiger partial charge in [-0.15, -0.1) is 0 Å². The number of hydrogen-bond donors (Lipinski definition) is 0. The molecule has 2 aromatic carbocycles. The minimum Gasteiger partial charge on any atom is -0.254 e. The summed E-state index contributed by atoms with van der Waals surface area (Å²) >= 11 is 0. The van der Waals surface area contributed by atoms with E-state index >= 15 is 0 Å². The molecule has 2 nitrogen and oxygen atoms in total. The zero-order chi connectivity index (χ0) is 21.0. The van der Waals surface area contributed by atoms with Gasteiger partial charge in [-0.1, -0.05) is 84.9 Å². The van der Waals surface area contributed by atoms with Gasteiger partial charge in [-0.05, 0) is 61.4 Å². The number of nitrogens with zero attached hydrogens (tertiary/aromatic N) is 2. The lowest BCUT2D eigenvalue weighted by Crippen LogP contribution is -1.82. The van der Waals surface area contributed by atoms with Crippen LogP contribution in [0.25, 0.3) is 24.3 Å². The number of benzene rings is 2. The molecular weight excluding hydrogens is 364 g/mol. The fourth-order valence-corrected chi connectivity index (χ4v) is 2.81. The van der Waals surface area contributed by atoms with Crippen molar-refractivity contribution in [2.24, 2.45) is 0 Å². The highest BCUT2D eigenvalue weighted by molar-refractivity contribution is 5.68. The summed E-state index contributed by atoms with van der Waals surface area (Å²) in [6, 6.07) is 32.5. The van der Waals surface area contributed by atoms with Gasteiger partial charge in [-0.2, -0.15) is 0 Å². The summed E-state index contributed by atoms with van der Waals surface area (Å²) in [6.07, 6.45) is 8.20. The smallest absolute Gasteiger partial charge is 0.0633 e. The first-order valence-corrected chi connectivity index (χ1v) is 10.0. The molecule has 0 fully saturated rings. The fraction of sp³-hybridized carbons (Fsp3) is 0.0714. The molecule has 0 radical (unpaired) electrons. The van der Waals surface area contributed by atoms with Crippen molar-refractivity contribution in [1.29, 1.82) is 0 Å². The number of rotatable bonds is 4. The monoisotopic (exact) mass is 390 g/mol. The van der Waals surface area contributed by atoms with Crippen LogP contribution >= 0.6 is 0 Å². The molecule has 2 aromatic heterocycles. The molecular formula is C28H26N2. The van der Waals surface area contributed by atoms with E-state index in [2.05, 4.69) is 46.4 Å². The number of aromatic nitrogens is 2. The molecule has 30 heavy (non-hydrogen) atoms. The van der Waals surface area contributed by atoms with Crippen LogP contribution in [0.1, 0.15) is 33.9 Å². The molecule has 0 saturated heterocycles. The van der Waals surface area contributed by atoms with Gasteiger partial charge in [0.25, 0.3) is 0 Å². The van der Waals surface area contributed by atoms with E-state index in [4.69, 9.17) is 0 Å². The Labute approximate surface area is 179 Å². The number of aryl methyl sites for hydroxylation is 2. The zero-order valence-electron chi connectivity index (χ0n) is 17.4. The van der Waals surface area contributed by atoms with Crippen LogP contribution in [-0.4, -0.2) is 9.97 Å². The molecule has 0 N–H and O–H groups in total. The molecule has 2 heterocycles. The van der Waals surface area contributed by atoms with Gasteiger partial charge in [-0.3, -0.25) is 9.97 Å². The van der Waals surface area contributed by atoms with E-state index in [9.17, 15) is 0 Å². The minimum absolute atomic E-state index is 0.999. The predicted octanol–water partition coefficient (Wildman–Crippen LogP) is 7.12. The second-order valence-electron chi connectivity index (χ2n) is 6.90. The van der Waals surface area contributed by atoms with Crippen LogP contribution in [0, 0.1) is 13.8 Å². The van der Waals surface area contributed by atoms with Crippen LogP contribution in [-0.2, 0) is 0 Å². The molecule has 0 atom stereocenters. The summed E-state index contributed by atoms with van der Waals surface area (Å²) in [4.78, 5) is 8.80. The predicted molar refractivity (Wildman–Crippen MR) is 129 cm³/mol. The quantitative estimate of drug-likeness (QED) is 0.371. The molecule has 0 aliphatic heterocycles. The highest BCUT2D eigenvalue weighted by Crippen LogP contribution is 2.07. The van der Waals surface area contributed by atoms with E-state index in [0.717, 1.165) is 22.8 Å². The molecule has 0 amide bonds. The van der Waals surface area contributed by atoms with Gasteiger partial charge in [-0.25, -0.2) is 0 Å². The maximum atomic E-state index is 4.40. The van der Waals surface area contributed by atoms with E-state index in [0.29, 0.717) is 0 Å². The first kappa shape index (κ1) is 20.9. The fourth-order valence-electron chi connectivity index (χ4n) is 2.81. The largest absolute Gasteiger partial charge is 0.254 e. The van der Waals surface area contributed by atoms with E-state index in [-0.39, 0.29) is 0 Å². The second kappa shape index (κ2) is 11.3. The van der Waals surface area contributed by atoms with Crippen LogP contribution in [0.2, 0.25) is 0 Å². The van der Waals surface area contributed by atoms with E-state index < -0.39 is 0 Å². The minimum atomic E-state index is 0.999. The molecule has 4 rings (SSSR count). The van der Waals surface area contributed by atoms with Crippen LogP contribution in [0.5, 0.6) is 0 Å². The molecule has 0 spiro atoms. The van der Waals surface area contributed by atoms with Crippen molar-refractivity contribution in [3.8, 4) is 0 Å². The Morgan fingerprint density at radius 1 is 0.433 bits per heavy atom. The third-order valence-corrected chi connectivity index (χ3v) is 4.31. The van der Waals surface area contributed by atoms with Crippen molar-refractivity contribution in [1.82, 2.24) is 9.97 Å². The number of hydrogen-bond acceptors (Lipinski definition) is 2. The lowest BCUT2D eigenvalue weighted by atomic mass is 10.2. The van der Waals surface area contributed by atoms with Crippen molar-refractivity contribution in [3.05, 3.63) is 131 Å². The van der Waals surface area contributed by atoms with Gasteiger partial charge in [0, 0.05) is 11.4 Å². The van der Waals surface area contributed by atoms with Gasteiger partial charge in [0.05, 0.1) is 11.4 Å². The molecule has 148 valence electrons. The lowest BCUT2D eigenvalue weighted by molar-refractivity contribution is 1.18. The van der Waals surface area contributed by atoms with Crippen molar-refractivity contribution < 1.29 is 0 Å². The van der Waals surface area contributed by atoms with Gasteiger partial charge < -0.3 is 0 Å². The Morgan fingerprint density at radius 2 is 0.833 bits per heavy atom. The van der Waals surface area contributed by atoms with Gasteiger partial charge in [0.1, 0.15) is 0 Å². The molecule has 0 aliphatic carbocycles. The molecule has 2 heteroatoms. The summed E-state index contributed by atoms with van der Waals surface area (Å²) in [5, 5.41) is 0. The number of pyridine rings is 2. The molecule has 0 unspecified atom stereocenters. The SMILES string of the molecule is Cc1cccc(/C=C/c2ccccc2)n1.Cc1cccc(/C=C/c2ccccc2)n1. The van der Waals surface area contributed by atoms with Gasteiger partial charge >= 0.3 is 0 Å². The molecule has 0 saturated carbocycles. The Hall–Kier alpha value is -3.78. The Kier molecular flexibility index (Phi) is 7.87. The topological polar surface area (TPSA) is 25.8 Å².